The third kappa shape index (κ3) is 8.38. The maximum Gasteiger partial charge on any atom is -0.0253 e. The first kappa shape index (κ1) is 33.3. The van der Waals surface area contributed by atoms with E-state index in [0.717, 1.165) is 6.42 Å². The number of rotatable bonds is 1. The van der Waals surface area contributed by atoms with Crippen molar-refractivity contribution < 1.29 is 49.0 Å². The average molecular weight is 601 g/mol. The number of allylic oxidation sites excluding steroid dienone is 4. The van der Waals surface area contributed by atoms with Gasteiger partial charge in [-0.3, -0.25) is 6.08 Å². The Bertz CT molecular complexity index is 1060. The fourth-order valence-corrected chi connectivity index (χ4v) is 5.23. The molecule has 2 aromatic carbocycles. The van der Waals surface area contributed by atoms with Crippen LogP contribution in [0.15, 0.2) is 35.9 Å². The minimum absolute atomic E-state index is 0. The Morgan fingerprint density at radius 1 is 0.889 bits per heavy atom. The first-order valence-corrected chi connectivity index (χ1v) is 14.2. The van der Waals surface area contributed by atoms with Gasteiger partial charge in [-0.1, -0.05) is 88.8 Å². The van der Waals surface area contributed by atoms with Gasteiger partial charge in [0.15, 0.2) is 0 Å². The normalized spacial score (nSPS) is 18.2. The number of aryl methyl sites for hydroxylation is 4. The standard InChI is InChI=1S/C17H17.C13H19.C3H6.2ClH.Zr/c1-10-5-14-9-15-6-11(2)13(4)8-17(15)16(14)7-12(10)3;1-11-6-7-12(10-11)13(2)8-4-3-5-9-13;1-3-2;;;/h5,7-8H,9H2,1-4H3;7,10-11H,3-5,8-9H2,1-2H3;1-2H3;2*1H;/q2*-1;;;;+2/p-2. The Hall–Kier alpha value is -0.747. The molecule has 3 heteroatoms. The largest absolute Gasteiger partial charge is 1.00 e. The third-order valence-electron chi connectivity index (χ3n) is 7.58. The summed E-state index contributed by atoms with van der Waals surface area (Å²) in [6.45, 7) is 17.6. The van der Waals surface area contributed by atoms with E-state index in [0.29, 0.717) is 11.3 Å². The Morgan fingerprint density at radius 3 is 2.00 bits per heavy atom. The zero-order valence-electron chi connectivity index (χ0n) is 23.5. The molecular weight excluding hydrogens is 558 g/mol. The summed E-state index contributed by atoms with van der Waals surface area (Å²) in [5.41, 5.74) is 13.1. The quantitative estimate of drug-likeness (QED) is 0.377. The van der Waals surface area contributed by atoms with Gasteiger partial charge in [0.2, 0.25) is 0 Å². The molecule has 194 valence electrons. The van der Waals surface area contributed by atoms with E-state index in [4.69, 9.17) is 0 Å². The third-order valence-corrected chi connectivity index (χ3v) is 7.58. The van der Waals surface area contributed by atoms with Crippen LogP contribution in [0.5, 0.6) is 0 Å². The van der Waals surface area contributed by atoms with E-state index in [1.54, 1.807) is 29.8 Å². The van der Waals surface area contributed by atoms with Crippen LogP contribution < -0.4 is 24.8 Å². The summed E-state index contributed by atoms with van der Waals surface area (Å²) in [6, 6.07) is 10.5. The predicted octanol–water partition coefficient (Wildman–Crippen LogP) is 2.94. The maximum atomic E-state index is 3.54. The van der Waals surface area contributed by atoms with Crippen LogP contribution in [0, 0.1) is 51.2 Å². The van der Waals surface area contributed by atoms with Gasteiger partial charge in [0.25, 0.3) is 0 Å². The van der Waals surface area contributed by atoms with Crippen LogP contribution >= 0.6 is 0 Å². The van der Waals surface area contributed by atoms with Crippen molar-refractivity contribution in [1.82, 2.24) is 0 Å². The molecular formula is C33H42Cl2Zr-2. The van der Waals surface area contributed by atoms with E-state index in [9.17, 15) is 0 Å². The van der Waals surface area contributed by atoms with Gasteiger partial charge in [-0.05, 0) is 37.0 Å². The van der Waals surface area contributed by atoms with Gasteiger partial charge in [0.05, 0.1) is 0 Å². The van der Waals surface area contributed by atoms with E-state index in [-0.39, 0.29) is 24.8 Å². The van der Waals surface area contributed by atoms with Crippen LogP contribution in [0.1, 0.15) is 93.2 Å². The molecule has 0 heterocycles. The van der Waals surface area contributed by atoms with Gasteiger partial charge in [0, 0.05) is 0 Å². The topological polar surface area (TPSA) is 0 Å². The summed E-state index contributed by atoms with van der Waals surface area (Å²) in [5, 5.41) is 0. The number of benzene rings is 2. The smallest absolute Gasteiger partial charge is 0.0253 e. The molecule has 0 amide bonds. The Kier molecular flexibility index (Phi) is 13.3. The van der Waals surface area contributed by atoms with E-state index in [1.807, 2.05) is 0 Å². The number of halogens is 2. The van der Waals surface area contributed by atoms with Crippen molar-refractivity contribution in [1.29, 1.82) is 0 Å². The minimum atomic E-state index is 0. The average Bonchev–Trinajstić information content (AvgIpc) is 3.34. The molecule has 0 aliphatic heterocycles. The van der Waals surface area contributed by atoms with Crippen molar-refractivity contribution in [2.24, 2.45) is 11.3 Å². The molecule has 0 nitrogen and oxygen atoms in total. The second-order valence-corrected chi connectivity index (χ2v) is 13.5. The van der Waals surface area contributed by atoms with Crippen LogP contribution in [0.2, 0.25) is 0 Å². The second kappa shape index (κ2) is 14.4. The number of hydrogen-bond acceptors (Lipinski definition) is 0. The van der Waals surface area contributed by atoms with Crippen LogP contribution in [0.4, 0.5) is 0 Å². The first-order valence-electron chi connectivity index (χ1n) is 13.0. The molecule has 3 aliphatic carbocycles. The van der Waals surface area contributed by atoms with Crippen LogP contribution in [-0.4, -0.2) is 3.21 Å². The molecule has 0 bridgehead atoms. The molecule has 0 saturated heterocycles. The molecule has 0 N–H and O–H groups in total. The van der Waals surface area contributed by atoms with E-state index in [1.165, 1.54) is 79.8 Å². The van der Waals surface area contributed by atoms with Crippen LogP contribution in [-0.2, 0) is 30.7 Å². The molecule has 1 atom stereocenters. The fraction of sp³-hybridized carbons (Fsp3) is 0.485. The van der Waals surface area contributed by atoms with Crippen LogP contribution in [0.25, 0.3) is 11.1 Å². The Balaban J connectivity index is 0.000000306. The summed E-state index contributed by atoms with van der Waals surface area (Å²) in [7, 11) is 0. The SMILES string of the molecule is CC1[C-]=CC(C2(C)CCCCC2)=C1.C[C](C)=[Zr+2].Cc1[c-]c2c(cc1C)-c1cc(C)c(C)cc1C2.[Cl-].[Cl-]. The molecule has 36 heavy (non-hydrogen) atoms. The number of fused-ring (bicyclic) bond motifs is 3. The van der Waals surface area contributed by atoms with Crippen LogP contribution in [0.3, 0.4) is 0 Å². The van der Waals surface area contributed by atoms with Gasteiger partial charge in [-0.25, -0.2) is 6.08 Å². The molecule has 2 aromatic rings. The van der Waals surface area contributed by atoms with Gasteiger partial charge < -0.3 is 24.8 Å². The van der Waals surface area contributed by atoms with E-state index in [2.05, 4.69) is 97.9 Å². The zero-order valence-corrected chi connectivity index (χ0v) is 27.4. The summed E-state index contributed by atoms with van der Waals surface area (Å²) in [5.74, 6) is 0.550. The monoisotopic (exact) mass is 598 g/mol. The van der Waals surface area contributed by atoms with Gasteiger partial charge in [-0.15, -0.1) is 11.1 Å². The summed E-state index contributed by atoms with van der Waals surface area (Å²) >= 11 is 1.55. The predicted molar refractivity (Wildman–Crippen MR) is 145 cm³/mol. The molecule has 1 fully saturated rings. The van der Waals surface area contributed by atoms with Crippen molar-refractivity contribution in [3.63, 3.8) is 0 Å². The minimum Gasteiger partial charge on any atom is -1.00 e. The van der Waals surface area contributed by atoms with Crippen molar-refractivity contribution >= 4 is 3.21 Å². The molecule has 1 saturated carbocycles. The Labute approximate surface area is 248 Å². The summed E-state index contributed by atoms with van der Waals surface area (Å²) < 4.78 is 1.51. The van der Waals surface area contributed by atoms with Gasteiger partial charge in [-0.2, -0.15) is 34.9 Å². The van der Waals surface area contributed by atoms with Crippen molar-refractivity contribution in [2.75, 3.05) is 0 Å². The Morgan fingerprint density at radius 2 is 1.44 bits per heavy atom. The summed E-state index contributed by atoms with van der Waals surface area (Å²) in [4.78, 5) is 0. The van der Waals surface area contributed by atoms with Gasteiger partial charge >= 0.3 is 41.3 Å². The molecule has 5 rings (SSSR count). The molecule has 1 unspecified atom stereocenters. The molecule has 0 spiro atoms. The maximum absolute atomic E-state index is 3.54. The van der Waals surface area contributed by atoms with Gasteiger partial charge in [0.1, 0.15) is 0 Å². The fourth-order valence-electron chi connectivity index (χ4n) is 5.23. The van der Waals surface area contributed by atoms with Crippen molar-refractivity contribution in [3.05, 3.63) is 81.4 Å². The van der Waals surface area contributed by atoms with Crippen molar-refractivity contribution in [3.8, 4) is 11.1 Å². The van der Waals surface area contributed by atoms with E-state index < -0.39 is 0 Å². The second-order valence-electron chi connectivity index (χ2n) is 11.1. The molecule has 3 aliphatic rings. The van der Waals surface area contributed by atoms with E-state index >= 15 is 0 Å². The molecule has 0 aromatic heterocycles. The van der Waals surface area contributed by atoms with Crippen molar-refractivity contribution in [2.45, 2.75) is 93.9 Å². The zero-order chi connectivity index (χ0) is 25.0. The molecule has 0 radical (unpaired) electrons. The first-order chi connectivity index (χ1) is 16.0. The summed E-state index contributed by atoms with van der Waals surface area (Å²) in [6.07, 6.45) is 16.1. The number of hydrogen-bond donors (Lipinski definition) is 0.